The zero-order valence-electron chi connectivity index (χ0n) is 13.9. The van der Waals surface area contributed by atoms with Crippen molar-refractivity contribution in [1.29, 1.82) is 0 Å². The average Bonchev–Trinajstić information content (AvgIpc) is 2.76. The fraction of sp³-hybridized carbons (Fsp3) is 0.316. The summed E-state index contributed by atoms with van der Waals surface area (Å²) in [5.74, 6) is 0.187. The summed E-state index contributed by atoms with van der Waals surface area (Å²) < 4.78 is 0. The number of hydrogen-bond acceptors (Lipinski definition) is 4. The predicted octanol–water partition coefficient (Wildman–Crippen LogP) is 2.80. The standard InChI is InChI=1S/C19H20N4O2/c24-17(13-22-11-4-1-5-12-22)23-16-9-3-2-7-14(16)19(25)21-15-8-6-10-20-18(15)23/h2-3,6-10H,1,4-5,11-13H2,(H,21,25). The van der Waals surface area contributed by atoms with Crippen LogP contribution in [0.25, 0.3) is 0 Å². The van der Waals surface area contributed by atoms with Gasteiger partial charge in [0.25, 0.3) is 5.91 Å². The minimum atomic E-state index is -0.224. The maximum atomic E-state index is 13.2. The molecule has 1 N–H and O–H groups in total. The zero-order chi connectivity index (χ0) is 17.2. The van der Waals surface area contributed by atoms with Crippen molar-refractivity contribution in [3.8, 4) is 0 Å². The maximum absolute atomic E-state index is 13.2. The molecule has 1 aromatic heterocycles. The number of amides is 2. The summed E-state index contributed by atoms with van der Waals surface area (Å²) in [6.45, 7) is 2.21. The lowest BCUT2D eigenvalue weighted by Gasteiger charge is -2.29. The molecule has 6 heteroatoms. The van der Waals surface area contributed by atoms with E-state index in [1.165, 1.54) is 6.42 Å². The van der Waals surface area contributed by atoms with Crippen molar-refractivity contribution in [1.82, 2.24) is 9.88 Å². The molecule has 2 aliphatic heterocycles. The Morgan fingerprint density at radius 1 is 1.08 bits per heavy atom. The van der Waals surface area contributed by atoms with Gasteiger partial charge in [0, 0.05) is 6.20 Å². The van der Waals surface area contributed by atoms with Gasteiger partial charge < -0.3 is 5.32 Å². The molecule has 2 aromatic rings. The van der Waals surface area contributed by atoms with Crippen LogP contribution >= 0.6 is 0 Å². The highest BCUT2D eigenvalue weighted by atomic mass is 16.2. The van der Waals surface area contributed by atoms with Crippen molar-refractivity contribution in [2.24, 2.45) is 0 Å². The van der Waals surface area contributed by atoms with Crippen LogP contribution in [-0.4, -0.2) is 41.3 Å². The number of hydrogen-bond donors (Lipinski definition) is 1. The van der Waals surface area contributed by atoms with Gasteiger partial charge >= 0.3 is 0 Å². The van der Waals surface area contributed by atoms with E-state index in [1.807, 2.05) is 6.07 Å². The SMILES string of the molecule is O=C1Nc2cccnc2N(C(=O)CN2CCCCC2)c2ccccc21. The molecule has 0 atom stereocenters. The zero-order valence-corrected chi connectivity index (χ0v) is 13.9. The van der Waals surface area contributed by atoms with E-state index in [9.17, 15) is 9.59 Å². The molecule has 0 saturated carbocycles. The van der Waals surface area contributed by atoms with Crippen molar-refractivity contribution < 1.29 is 9.59 Å². The molecule has 0 bridgehead atoms. The minimum Gasteiger partial charge on any atom is -0.319 e. The smallest absolute Gasteiger partial charge is 0.257 e. The predicted molar refractivity (Wildman–Crippen MR) is 96.1 cm³/mol. The van der Waals surface area contributed by atoms with Gasteiger partial charge in [0.1, 0.15) is 0 Å². The summed E-state index contributed by atoms with van der Waals surface area (Å²) in [7, 11) is 0. The Kier molecular flexibility index (Phi) is 4.19. The van der Waals surface area contributed by atoms with Gasteiger partial charge in [0.05, 0.1) is 23.5 Å². The quantitative estimate of drug-likeness (QED) is 0.916. The molecular formula is C19H20N4O2. The number of nitrogens with one attached hydrogen (secondary N) is 1. The van der Waals surface area contributed by atoms with Gasteiger partial charge in [-0.15, -0.1) is 0 Å². The van der Waals surface area contributed by atoms with Gasteiger partial charge in [-0.1, -0.05) is 18.6 Å². The van der Waals surface area contributed by atoms with E-state index in [4.69, 9.17) is 0 Å². The van der Waals surface area contributed by atoms with Gasteiger partial charge in [0.15, 0.2) is 5.82 Å². The van der Waals surface area contributed by atoms with Crippen LogP contribution in [0.3, 0.4) is 0 Å². The Morgan fingerprint density at radius 2 is 1.88 bits per heavy atom. The highest BCUT2D eigenvalue weighted by Gasteiger charge is 2.31. The Balaban J connectivity index is 1.75. The summed E-state index contributed by atoms with van der Waals surface area (Å²) in [5.41, 5.74) is 1.61. The summed E-state index contributed by atoms with van der Waals surface area (Å²) in [6, 6.07) is 10.7. The monoisotopic (exact) mass is 336 g/mol. The molecule has 1 saturated heterocycles. The van der Waals surface area contributed by atoms with Crippen LogP contribution in [0, 0.1) is 0 Å². The highest BCUT2D eigenvalue weighted by molar-refractivity contribution is 6.17. The molecule has 0 aliphatic carbocycles. The number of nitrogens with zero attached hydrogens (tertiary/aromatic N) is 3. The van der Waals surface area contributed by atoms with E-state index >= 15 is 0 Å². The van der Waals surface area contributed by atoms with E-state index in [-0.39, 0.29) is 11.8 Å². The van der Waals surface area contributed by atoms with E-state index in [1.54, 1.807) is 41.4 Å². The molecule has 0 spiro atoms. The first-order valence-corrected chi connectivity index (χ1v) is 8.65. The third-order valence-corrected chi connectivity index (χ3v) is 4.69. The second kappa shape index (κ2) is 6.64. The lowest BCUT2D eigenvalue weighted by Crippen LogP contribution is -2.40. The van der Waals surface area contributed by atoms with Crippen LogP contribution in [-0.2, 0) is 4.79 Å². The molecule has 0 unspecified atom stereocenters. The van der Waals surface area contributed by atoms with Crippen molar-refractivity contribution in [3.63, 3.8) is 0 Å². The molecule has 128 valence electrons. The van der Waals surface area contributed by atoms with Gasteiger partial charge in [-0.25, -0.2) is 4.98 Å². The highest BCUT2D eigenvalue weighted by Crippen LogP contribution is 2.36. The lowest BCUT2D eigenvalue weighted by molar-refractivity contribution is -0.119. The first kappa shape index (κ1) is 15.8. The third-order valence-electron chi connectivity index (χ3n) is 4.69. The number of para-hydroxylation sites is 1. The molecule has 2 amide bonds. The van der Waals surface area contributed by atoms with Crippen LogP contribution in [0.15, 0.2) is 42.6 Å². The molecule has 1 fully saturated rings. The van der Waals surface area contributed by atoms with Crippen molar-refractivity contribution in [2.45, 2.75) is 19.3 Å². The van der Waals surface area contributed by atoms with Gasteiger partial charge in [-0.05, 0) is 50.2 Å². The van der Waals surface area contributed by atoms with E-state index in [2.05, 4.69) is 15.2 Å². The fourth-order valence-electron chi connectivity index (χ4n) is 3.47. The Bertz CT molecular complexity index is 815. The third kappa shape index (κ3) is 3.00. The Labute approximate surface area is 146 Å². The number of benzene rings is 1. The number of pyridine rings is 1. The van der Waals surface area contributed by atoms with Crippen LogP contribution in [0.4, 0.5) is 17.2 Å². The van der Waals surface area contributed by atoms with Crippen LogP contribution in [0.5, 0.6) is 0 Å². The first-order valence-electron chi connectivity index (χ1n) is 8.65. The van der Waals surface area contributed by atoms with Crippen molar-refractivity contribution >= 4 is 29.0 Å². The minimum absolute atomic E-state index is 0.0641. The second-order valence-corrected chi connectivity index (χ2v) is 6.41. The number of fused-ring (bicyclic) bond motifs is 2. The van der Waals surface area contributed by atoms with E-state index < -0.39 is 0 Å². The normalized spacial score (nSPS) is 17.3. The molecule has 4 rings (SSSR count). The van der Waals surface area contributed by atoms with Crippen LogP contribution in [0.1, 0.15) is 29.6 Å². The van der Waals surface area contributed by atoms with Gasteiger partial charge in [-0.2, -0.15) is 0 Å². The van der Waals surface area contributed by atoms with Crippen LogP contribution < -0.4 is 10.2 Å². The Hall–Kier alpha value is -2.73. The molecule has 6 nitrogen and oxygen atoms in total. The molecule has 0 radical (unpaired) electrons. The number of piperidine rings is 1. The van der Waals surface area contributed by atoms with Crippen molar-refractivity contribution in [2.75, 3.05) is 29.9 Å². The topological polar surface area (TPSA) is 65.5 Å². The number of aromatic nitrogens is 1. The van der Waals surface area contributed by atoms with E-state index in [0.717, 1.165) is 25.9 Å². The number of rotatable bonds is 2. The maximum Gasteiger partial charge on any atom is 0.257 e. The fourth-order valence-corrected chi connectivity index (χ4v) is 3.47. The molecule has 3 heterocycles. The number of carbonyl (C=O) groups is 2. The number of anilines is 3. The summed E-state index contributed by atoms with van der Waals surface area (Å²) in [5, 5.41) is 2.86. The summed E-state index contributed by atoms with van der Waals surface area (Å²) >= 11 is 0. The summed E-state index contributed by atoms with van der Waals surface area (Å²) in [4.78, 5) is 33.8. The average molecular weight is 336 g/mol. The first-order chi connectivity index (χ1) is 12.2. The lowest BCUT2D eigenvalue weighted by atomic mass is 10.1. The summed E-state index contributed by atoms with van der Waals surface area (Å²) in [6.07, 6.45) is 5.11. The van der Waals surface area contributed by atoms with Gasteiger partial charge in [0.2, 0.25) is 5.91 Å². The molecule has 1 aromatic carbocycles. The van der Waals surface area contributed by atoms with E-state index in [0.29, 0.717) is 29.3 Å². The molecular weight excluding hydrogens is 316 g/mol. The number of carbonyl (C=O) groups excluding carboxylic acids is 2. The second-order valence-electron chi connectivity index (χ2n) is 6.41. The largest absolute Gasteiger partial charge is 0.319 e. The number of likely N-dealkylation sites (tertiary alicyclic amines) is 1. The van der Waals surface area contributed by atoms with Crippen LogP contribution in [0.2, 0.25) is 0 Å². The molecule has 2 aliphatic rings. The van der Waals surface area contributed by atoms with Crippen molar-refractivity contribution in [3.05, 3.63) is 48.2 Å². The molecule has 25 heavy (non-hydrogen) atoms. The van der Waals surface area contributed by atoms with Gasteiger partial charge in [-0.3, -0.25) is 19.4 Å². The Morgan fingerprint density at radius 3 is 2.72 bits per heavy atom.